The van der Waals surface area contributed by atoms with Gasteiger partial charge in [0, 0.05) is 37.6 Å². The van der Waals surface area contributed by atoms with E-state index in [2.05, 4.69) is 14.6 Å². The summed E-state index contributed by atoms with van der Waals surface area (Å²) in [5, 5.41) is 9.38. The topological polar surface area (TPSA) is 140 Å². The summed E-state index contributed by atoms with van der Waals surface area (Å²) in [4.78, 5) is 31.7. The Morgan fingerprint density at radius 2 is 1.20 bits per heavy atom. The quantitative estimate of drug-likeness (QED) is 0.0388. The summed E-state index contributed by atoms with van der Waals surface area (Å²) in [5.41, 5.74) is 3.21. The normalized spacial score (nSPS) is 16.5. The number of ether oxygens (including phenoxy) is 7. The standard InChI is InChI=1S/C38H46N4O9/c1-4-48-37(43)31(24-39)22-29-6-10-32(11-7-29)41(16-20-46-25-34-27-50-34)14-18-45-19-15-42(17-21-47-26-35-28-51-35)33-12-8-30(9-13-33)23-36(40-3)38(44)49-5-2/h6-13,22-23,34-35H,4-5,14-21,25-28H2,1-2H3/b31-22+,36-23-. The molecule has 0 bridgehead atoms. The molecule has 13 nitrogen and oxygen atoms in total. The molecule has 2 saturated heterocycles. The largest absolute Gasteiger partial charge is 0.471 e. The predicted octanol–water partition coefficient (Wildman–Crippen LogP) is 4.14. The molecule has 2 aliphatic heterocycles. The van der Waals surface area contributed by atoms with E-state index in [1.165, 1.54) is 12.2 Å². The highest BCUT2D eigenvalue weighted by Crippen LogP contribution is 2.20. The van der Waals surface area contributed by atoms with Crippen LogP contribution in [0.25, 0.3) is 17.0 Å². The number of hydrogen-bond acceptors (Lipinski definition) is 12. The fourth-order valence-corrected chi connectivity index (χ4v) is 4.87. The fraction of sp³-hybridized carbons (Fsp3) is 0.474. The smallest absolute Gasteiger partial charge is 0.348 e. The number of nitriles is 1. The first kappa shape index (κ1) is 39.0. The second-order valence-electron chi connectivity index (χ2n) is 11.6. The molecular weight excluding hydrogens is 656 g/mol. The zero-order valence-electron chi connectivity index (χ0n) is 29.3. The average Bonchev–Trinajstić information content (AvgIpc) is 4.09. The van der Waals surface area contributed by atoms with Crippen LogP contribution in [-0.2, 0) is 42.7 Å². The summed E-state index contributed by atoms with van der Waals surface area (Å²) in [6, 6.07) is 17.1. The van der Waals surface area contributed by atoms with Crippen LogP contribution in [0.3, 0.4) is 0 Å². The third-order valence-electron chi connectivity index (χ3n) is 7.79. The molecule has 2 unspecified atom stereocenters. The van der Waals surface area contributed by atoms with Crippen molar-refractivity contribution in [2.24, 2.45) is 0 Å². The van der Waals surface area contributed by atoms with Crippen LogP contribution >= 0.6 is 0 Å². The lowest BCUT2D eigenvalue weighted by Crippen LogP contribution is -2.34. The summed E-state index contributed by atoms with van der Waals surface area (Å²) < 4.78 is 38.2. The van der Waals surface area contributed by atoms with E-state index in [4.69, 9.17) is 39.7 Å². The van der Waals surface area contributed by atoms with Gasteiger partial charge in [-0.3, -0.25) is 4.79 Å². The number of carbonyl (C=O) groups excluding carboxylic acids is 2. The molecule has 2 aromatic rings. The second-order valence-corrected chi connectivity index (χ2v) is 11.6. The van der Waals surface area contributed by atoms with E-state index in [-0.39, 0.29) is 36.7 Å². The molecule has 2 fully saturated rings. The van der Waals surface area contributed by atoms with Crippen molar-refractivity contribution >= 4 is 35.5 Å². The number of carbonyl (C=O) groups is 2. The molecule has 272 valence electrons. The van der Waals surface area contributed by atoms with Crippen molar-refractivity contribution in [2.45, 2.75) is 26.1 Å². The van der Waals surface area contributed by atoms with E-state index in [0.717, 1.165) is 30.2 Å². The maximum absolute atomic E-state index is 12.0. The van der Waals surface area contributed by atoms with Crippen LogP contribution in [0.4, 0.5) is 11.4 Å². The Morgan fingerprint density at radius 3 is 1.61 bits per heavy atom. The summed E-state index contributed by atoms with van der Waals surface area (Å²) >= 11 is 0. The van der Waals surface area contributed by atoms with Crippen LogP contribution in [0.15, 0.2) is 59.8 Å². The first-order valence-corrected chi connectivity index (χ1v) is 17.2. The minimum atomic E-state index is -0.644. The molecule has 0 radical (unpaired) electrons. The monoisotopic (exact) mass is 702 g/mol. The first-order valence-electron chi connectivity index (χ1n) is 17.2. The van der Waals surface area contributed by atoms with Crippen LogP contribution in [-0.4, -0.2) is 116 Å². The van der Waals surface area contributed by atoms with Crippen molar-refractivity contribution in [3.05, 3.63) is 82.3 Å². The number of nitrogens with zero attached hydrogens (tertiary/aromatic N) is 4. The maximum atomic E-state index is 12.0. The Bertz CT molecular complexity index is 1420. The van der Waals surface area contributed by atoms with Gasteiger partial charge in [0.1, 0.15) is 23.9 Å². The van der Waals surface area contributed by atoms with E-state index >= 15 is 0 Å². The summed E-state index contributed by atoms with van der Waals surface area (Å²) in [7, 11) is 0. The van der Waals surface area contributed by atoms with Gasteiger partial charge in [-0.1, -0.05) is 24.3 Å². The second kappa shape index (κ2) is 21.5. The fourth-order valence-electron chi connectivity index (χ4n) is 4.87. The highest BCUT2D eigenvalue weighted by molar-refractivity contribution is 5.98. The van der Waals surface area contributed by atoms with Crippen molar-refractivity contribution in [1.29, 1.82) is 5.26 Å². The van der Waals surface area contributed by atoms with Gasteiger partial charge in [-0.15, -0.1) is 0 Å². The van der Waals surface area contributed by atoms with Gasteiger partial charge in [-0.2, -0.15) is 5.26 Å². The minimum absolute atomic E-state index is 0.0564. The van der Waals surface area contributed by atoms with Crippen LogP contribution in [0, 0.1) is 17.9 Å². The molecule has 13 heteroatoms. The number of epoxide rings is 2. The molecule has 51 heavy (non-hydrogen) atoms. The van der Waals surface area contributed by atoms with Gasteiger partial charge in [0.05, 0.1) is 72.6 Å². The van der Waals surface area contributed by atoms with Crippen molar-refractivity contribution in [3.8, 4) is 6.07 Å². The Morgan fingerprint density at radius 1 is 0.765 bits per heavy atom. The van der Waals surface area contributed by atoms with Crippen molar-refractivity contribution in [3.63, 3.8) is 0 Å². The lowest BCUT2D eigenvalue weighted by molar-refractivity contribution is -0.138. The third kappa shape index (κ3) is 14.2. The maximum Gasteiger partial charge on any atom is 0.348 e. The Labute approximate surface area is 299 Å². The zero-order chi connectivity index (χ0) is 36.3. The van der Waals surface area contributed by atoms with E-state index in [0.29, 0.717) is 71.4 Å². The van der Waals surface area contributed by atoms with E-state index < -0.39 is 11.9 Å². The highest BCUT2D eigenvalue weighted by Gasteiger charge is 2.23. The molecule has 0 spiro atoms. The van der Waals surface area contributed by atoms with Gasteiger partial charge in [-0.05, 0) is 61.4 Å². The molecule has 2 heterocycles. The van der Waals surface area contributed by atoms with Crippen molar-refractivity contribution in [2.75, 3.05) is 102 Å². The lowest BCUT2D eigenvalue weighted by Gasteiger charge is -2.27. The van der Waals surface area contributed by atoms with Crippen LogP contribution in [0.2, 0.25) is 0 Å². The van der Waals surface area contributed by atoms with Crippen LogP contribution in [0.1, 0.15) is 25.0 Å². The number of benzene rings is 2. The molecular formula is C38H46N4O9. The van der Waals surface area contributed by atoms with Gasteiger partial charge < -0.3 is 43.0 Å². The van der Waals surface area contributed by atoms with Crippen molar-refractivity contribution < 1.29 is 42.7 Å². The molecule has 0 aromatic heterocycles. The summed E-state index contributed by atoms with van der Waals surface area (Å²) in [6.45, 7) is 18.2. The molecule has 4 rings (SSSR count). The zero-order valence-corrected chi connectivity index (χ0v) is 29.3. The van der Waals surface area contributed by atoms with Gasteiger partial charge >= 0.3 is 11.9 Å². The number of rotatable bonds is 24. The molecule has 0 N–H and O–H groups in total. The van der Waals surface area contributed by atoms with E-state index in [1.54, 1.807) is 13.8 Å². The van der Waals surface area contributed by atoms with Gasteiger partial charge in [0.2, 0.25) is 0 Å². The molecule has 0 aliphatic carbocycles. The first-order chi connectivity index (χ1) is 24.9. The molecule has 2 atom stereocenters. The van der Waals surface area contributed by atoms with Gasteiger partial charge in [-0.25, -0.2) is 9.64 Å². The Hall–Kier alpha value is -4.76. The molecule has 2 aliphatic rings. The van der Waals surface area contributed by atoms with Crippen LogP contribution < -0.4 is 9.80 Å². The molecule has 2 aromatic carbocycles. The number of esters is 2. The van der Waals surface area contributed by atoms with Gasteiger partial charge in [0.25, 0.3) is 5.70 Å². The number of anilines is 2. The summed E-state index contributed by atoms with van der Waals surface area (Å²) in [5.74, 6) is -1.28. The third-order valence-corrected chi connectivity index (χ3v) is 7.79. The SMILES string of the molecule is [C-]#[N+]/C(=C\c1ccc(N(CCOCCN(CCOCC2CO2)c2ccc(/C=C(\C#N)C(=O)OCC)cc2)CCOCC2CO2)cc1)C(=O)OCC. The molecule has 0 amide bonds. The van der Waals surface area contributed by atoms with Crippen molar-refractivity contribution in [1.82, 2.24) is 0 Å². The number of hydrogen-bond donors (Lipinski definition) is 0. The van der Waals surface area contributed by atoms with E-state index in [9.17, 15) is 14.9 Å². The van der Waals surface area contributed by atoms with Crippen LogP contribution in [0.5, 0.6) is 0 Å². The predicted molar refractivity (Wildman–Crippen MR) is 191 cm³/mol. The van der Waals surface area contributed by atoms with Gasteiger partial charge in [0.15, 0.2) is 0 Å². The van der Waals surface area contributed by atoms with E-state index in [1.807, 2.05) is 54.6 Å². The lowest BCUT2D eigenvalue weighted by atomic mass is 10.1. The highest BCUT2D eigenvalue weighted by atomic mass is 16.6. The summed E-state index contributed by atoms with van der Waals surface area (Å²) in [6.07, 6.45) is 3.41. The average molecular weight is 703 g/mol. The minimum Gasteiger partial charge on any atom is -0.471 e. The Balaban J connectivity index is 1.34. The Kier molecular flexibility index (Phi) is 16.4. The molecule has 0 saturated carbocycles.